The first kappa shape index (κ1) is 30.7. The van der Waals surface area contributed by atoms with Gasteiger partial charge in [-0.25, -0.2) is 0 Å². The van der Waals surface area contributed by atoms with E-state index in [4.69, 9.17) is 24.4 Å². The van der Waals surface area contributed by atoms with Gasteiger partial charge in [-0.1, -0.05) is 52.3 Å². The van der Waals surface area contributed by atoms with Crippen molar-refractivity contribution >= 4 is 52.5 Å². The van der Waals surface area contributed by atoms with Gasteiger partial charge in [0.05, 0.1) is 22.4 Å². The molecule has 3 N–H and O–H groups in total. The Balaban J connectivity index is 0.000000201. The molecule has 212 valence electrons. The van der Waals surface area contributed by atoms with E-state index >= 15 is 0 Å². The first-order valence-corrected chi connectivity index (χ1v) is 14.5. The molecule has 2 aliphatic heterocycles. The van der Waals surface area contributed by atoms with Crippen molar-refractivity contribution in [2.45, 2.75) is 84.3 Å². The molecule has 0 aromatic heterocycles. The van der Waals surface area contributed by atoms with Crippen molar-refractivity contribution in [3.63, 3.8) is 0 Å². The van der Waals surface area contributed by atoms with Crippen LogP contribution in [0.25, 0.3) is 0 Å². The highest BCUT2D eigenvalue weighted by atomic mass is 79.9. The van der Waals surface area contributed by atoms with Crippen molar-refractivity contribution in [1.29, 1.82) is 0 Å². The molecule has 0 radical (unpaired) electrons. The van der Waals surface area contributed by atoms with E-state index in [1.165, 1.54) is 5.56 Å². The van der Waals surface area contributed by atoms with Crippen molar-refractivity contribution < 1.29 is 18.6 Å². The Morgan fingerprint density at radius 2 is 1.07 bits per heavy atom. The molecule has 2 fully saturated rings. The second-order valence-corrected chi connectivity index (χ2v) is 13.4. The largest absolute Gasteiger partial charge is 0.494 e. The molecule has 0 bridgehead atoms. The number of halogens is 1. The normalized spacial score (nSPS) is 20.1. The van der Waals surface area contributed by atoms with Crippen molar-refractivity contribution in [2.24, 2.45) is 0 Å². The number of hydrogen-bond donors (Lipinski definition) is 2. The standard InChI is InChI=1S/C19H23BBrNO2.C12H18BNO2/c1-18(2)19(3,4)24-20(23-18)15-8-10-17(11-9-15)22-13-14-6-5-7-16(21)12-14;1-11(2)12(3,4)16-13(15-11)9-5-7-10(14)8-6-9/h5-12,22H,13H2,1-4H3;5-8H,14H2,1-4H3. The molecule has 0 aliphatic carbocycles. The van der Waals surface area contributed by atoms with Crippen LogP contribution >= 0.6 is 15.9 Å². The SMILES string of the molecule is CC1(C)OB(c2ccc(N)cc2)OC1(C)C.CC1(C)OB(c2ccc(NCc3cccc(Br)c3)cc2)OC1(C)C. The van der Waals surface area contributed by atoms with Crippen LogP contribution in [-0.4, -0.2) is 36.6 Å². The van der Waals surface area contributed by atoms with Gasteiger partial charge < -0.3 is 29.7 Å². The van der Waals surface area contributed by atoms with E-state index in [0.29, 0.717) is 0 Å². The summed E-state index contributed by atoms with van der Waals surface area (Å²) in [4.78, 5) is 0. The van der Waals surface area contributed by atoms with E-state index < -0.39 is 0 Å². The fourth-order valence-corrected chi connectivity index (χ4v) is 4.67. The second-order valence-electron chi connectivity index (χ2n) is 12.4. The minimum atomic E-state index is -0.311. The van der Waals surface area contributed by atoms with E-state index in [1.54, 1.807) is 0 Å². The second kappa shape index (κ2) is 11.5. The maximum atomic E-state index is 6.08. The molecule has 9 heteroatoms. The number of nitrogen functional groups attached to an aromatic ring is 1. The summed E-state index contributed by atoms with van der Waals surface area (Å²) in [5.74, 6) is 0. The summed E-state index contributed by atoms with van der Waals surface area (Å²) >= 11 is 3.50. The van der Waals surface area contributed by atoms with Gasteiger partial charge in [0.1, 0.15) is 0 Å². The summed E-state index contributed by atoms with van der Waals surface area (Å²) in [6, 6.07) is 24.2. The van der Waals surface area contributed by atoms with Crippen molar-refractivity contribution in [3.8, 4) is 0 Å². The summed E-state index contributed by atoms with van der Waals surface area (Å²) in [5, 5.41) is 3.44. The van der Waals surface area contributed by atoms with Gasteiger partial charge in [0.2, 0.25) is 0 Å². The Kier molecular flexibility index (Phi) is 8.84. The molecule has 0 saturated carbocycles. The van der Waals surface area contributed by atoms with Crippen molar-refractivity contribution in [3.05, 3.63) is 82.8 Å². The van der Waals surface area contributed by atoms with Gasteiger partial charge in [-0.05, 0) is 108 Å². The Morgan fingerprint density at radius 3 is 1.50 bits per heavy atom. The third-order valence-corrected chi connectivity index (χ3v) is 8.78. The molecule has 2 heterocycles. The van der Waals surface area contributed by atoms with Crippen LogP contribution in [0.2, 0.25) is 0 Å². The quantitative estimate of drug-likeness (QED) is 0.277. The topological polar surface area (TPSA) is 75.0 Å². The molecule has 0 amide bonds. The highest BCUT2D eigenvalue weighted by Crippen LogP contribution is 2.37. The zero-order valence-corrected chi connectivity index (χ0v) is 26.5. The Bertz CT molecular complexity index is 1270. The summed E-state index contributed by atoms with van der Waals surface area (Å²) < 4.78 is 25.1. The molecule has 0 spiro atoms. The van der Waals surface area contributed by atoms with Crippen LogP contribution in [0.15, 0.2) is 77.3 Å². The number of nitrogens with two attached hydrogens (primary N) is 1. The number of hydrogen-bond acceptors (Lipinski definition) is 6. The lowest BCUT2D eigenvalue weighted by Gasteiger charge is -2.32. The predicted molar refractivity (Wildman–Crippen MR) is 170 cm³/mol. The van der Waals surface area contributed by atoms with Gasteiger partial charge in [-0.3, -0.25) is 0 Å². The van der Waals surface area contributed by atoms with Crippen LogP contribution in [-0.2, 0) is 25.2 Å². The maximum Gasteiger partial charge on any atom is 0.494 e. The van der Waals surface area contributed by atoms with Crippen LogP contribution in [0.4, 0.5) is 11.4 Å². The molecule has 3 aromatic rings. The number of rotatable bonds is 5. The first-order valence-electron chi connectivity index (χ1n) is 13.7. The van der Waals surface area contributed by atoms with Crippen molar-refractivity contribution in [2.75, 3.05) is 11.1 Å². The third kappa shape index (κ3) is 6.94. The highest BCUT2D eigenvalue weighted by Gasteiger charge is 2.52. The fourth-order valence-electron chi connectivity index (χ4n) is 4.22. The van der Waals surface area contributed by atoms with Crippen LogP contribution in [0, 0.1) is 0 Å². The zero-order valence-electron chi connectivity index (χ0n) is 24.9. The van der Waals surface area contributed by atoms with Crippen LogP contribution < -0.4 is 22.0 Å². The Labute approximate surface area is 248 Å². The van der Waals surface area contributed by atoms with Gasteiger partial charge in [-0.2, -0.15) is 0 Å². The number of nitrogens with one attached hydrogen (secondary N) is 1. The van der Waals surface area contributed by atoms with Crippen LogP contribution in [0.1, 0.15) is 61.0 Å². The van der Waals surface area contributed by atoms with E-state index in [1.807, 2.05) is 64.1 Å². The van der Waals surface area contributed by atoms with E-state index in [9.17, 15) is 0 Å². The molecule has 40 heavy (non-hydrogen) atoms. The minimum Gasteiger partial charge on any atom is -0.399 e. The van der Waals surface area contributed by atoms with Crippen LogP contribution in [0.5, 0.6) is 0 Å². The van der Waals surface area contributed by atoms with Gasteiger partial charge in [0.25, 0.3) is 0 Å². The molecule has 3 aromatic carbocycles. The lowest BCUT2D eigenvalue weighted by molar-refractivity contribution is 0.00578. The van der Waals surface area contributed by atoms with Crippen LogP contribution in [0.3, 0.4) is 0 Å². The summed E-state index contributed by atoms with van der Waals surface area (Å²) in [6.45, 7) is 17.3. The lowest BCUT2D eigenvalue weighted by Crippen LogP contribution is -2.41. The monoisotopic (exact) mass is 606 g/mol. The molecular formula is C31H41B2BrN2O4. The highest BCUT2D eigenvalue weighted by molar-refractivity contribution is 9.10. The molecule has 2 saturated heterocycles. The summed E-state index contributed by atoms with van der Waals surface area (Å²) in [6.07, 6.45) is 0. The van der Waals surface area contributed by atoms with E-state index in [-0.39, 0.29) is 36.6 Å². The lowest BCUT2D eigenvalue weighted by atomic mass is 9.79. The molecule has 5 rings (SSSR count). The minimum absolute atomic E-state index is 0.293. The average Bonchev–Trinajstić information content (AvgIpc) is 3.23. The molecule has 2 aliphatic rings. The Morgan fingerprint density at radius 1 is 0.650 bits per heavy atom. The molecule has 0 unspecified atom stereocenters. The maximum absolute atomic E-state index is 6.08. The number of anilines is 2. The van der Waals surface area contributed by atoms with Gasteiger partial charge in [0.15, 0.2) is 0 Å². The van der Waals surface area contributed by atoms with E-state index in [2.05, 4.69) is 85.3 Å². The fraction of sp³-hybridized carbons (Fsp3) is 0.419. The Hall–Kier alpha value is -2.29. The molecule has 6 nitrogen and oxygen atoms in total. The van der Waals surface area contributed by atoms with Gasteiger partial charge in [-0.15, -0.1) is 0 Å². The van der Waals surface area contributed by atoms with Gasteiger partial charge >= 0.3 is 14.2 Å². The summed E-state index contributed by atoms with van der Waals surface area (Å²) in [5.41, 5.74) is 9.56. The van der Waals surface area contributed by atoms with Crippen molar-refractivity contribution in [1.82, 2.24) is 0 Å². The predicted octanol–water partition coefficient (Wildman–Crippen LogP) is 5.93. The molecule has 0 atom stereocenters. The average molecular weight is 607 g/mol. The first-order chi connectivity index (χ1) is 18.6. The summed E-state index contributed by atoms with van der Waals surface area (Å²) in [7, 11) is -0.611. The molecular weight excluding hydrogens is 566 g/mol. The third-order valence-electron chi connectivity index (χ3n) is 8.28. The van der Waals surface area contributed by atoms with Gasteiger partial charge in [0, 0.05) is 22.4 Å². The number of benzene rings is 3. The zero-order chi connectivity index (χ0) is 29.3. The van der Waals surface area contributed by atoms with E-state index in [0.717, 1.165) is 33.3 Å². The smallest absolute Gasteiger partial charge is 0.399 e.